The van der Waals surface area contributed by atoms with Crippen molar-refractivity contribution in [1.82, 2.24) is 0 Å². The van der Waals surface area contributed by atoms with Gasteiger partial charge in [-0.05, 0) is 24.1 Å². The second-order valence-electron chi connectivity index (χ2n) is 4.83. The molecule has 18 heavy (non-hydrogen) atoms. The third kappa shape index (κ3) is 2.00. The molecule has 0 saturated carbocycles. The molecule has 1 heterocycles. The topological polar surface area (TPSA) is 29.5 Å². The summed E-state index contributed by atoms with van der Waals surface area (Å²) in [6, 6.07) is 15.9. The highest BCUT2D eigenvalue weighted by atomic mass is 16.5. The summed E-state index contributed by atoms with van der Waals surface area (Å²) in [6.07, 6.45) is 0.0205. The van der Waals surface area contributed by atoms with E-state index in [4.69, 9.17) is 4.74 Å². The number of ether oxygens (including phenoxy) is 1. The number of hydrogen-bond acceptors (Lipinski definition) is 2. The molecule has 0 amide bonds. The third-order valence-electron chi connectivity index (χ3n) is 3.41. The Hall–Kier alpha value is -1.80. The maximum absolute atomic E-state index is 10.4. The quantitative estimate of drug-likeness (QED) is 0.874. The lowest BCUT2D eigenvalue weighted by molar-refractivity contribution is 0.0492. The summed E-state index contributed by atoms with van der Waals surface area (Å²) < 4.78 is 5.81. The van der Waals surface area contributed by atoms with Crippen LogP contribution in [0.3, 0.4) is 0 Å². The highest BCUT2D eigenvalue weighted by Gasteiger charge is 2.29. The minimum atomic E-state index is -0.572. The van der Waals surface area contributed by atoms with E-state index in [1.165, 1.54) is 5.56 Å². The van der Waals surface area contributed by atoms with E-state index in [0.29, 0.717) is 0 Å². The van der Waals surface area contributed by atoms with Gasteiger partial charge in [0.05, 0.1) is 0 Å². The Balaban J connectivity index is 1.82. The van der Waals surface area contributed by atoms with E-state index in [2.05, 4.69) is 6.07 Å². The third-order valence-corrected chi connectivity index (χ3v) is 3.41. The van der Waals surface area contributed by atoms with Gasteiger partial charge in [-0.1, -0.05) is 48.0 Å². The Morgan fingerprint density at radius 1 is 1.17 bits per heavy atom. The number of fused-ring (bicyclic) bond motifs is 1. The Labute approximate surface area is 107 Å². The van der Waals surface area contributed by atoms with Gasteiger partial charge in [0.2, 0.25) is 0 Å². The van der Waals surface area contributed by atoms with Gasteiger partial charge < -0.3 is 9.84 Å². The fraction of sp³-hybridized carbons (Fsp3) is 0.250. The van der Waals surface area contributed by atoms with Crippen LogP contribution in [0.4, 0.5) is 0 Å². The van der Waals surface area contributed by atoms with Crippen LogP contribution in [0.25, 0.3) is 0 Å². The van der Waals surface area contributed by atoms with Crippen LogP contribution < -0.4 is 4.74 Å². The summed E-state index contributed by atoms with van der Waals surface area (Å²) >= 11 is 0. The van der Waals surface area contributed by atoms with E-state index in [1.54, 1.807) is 0 Å². The van der Waals surface area contributed by atoms with Gasteiger partial charge in [-0.3, -0.25) is 0 Å². The first-order valence-corrected chi connectivity index (χ1v) is 6.23. The van der Waals surface area contributed by atoms with Crippen molar-refractivity contribution in [3.8, 4) is 5.75 Å². The lowest BCUT2D eigenvalue weighted by Gasteiger charge is -2.18. The molecule has 0 spiro atoms. The number of benzene rings is 2. The molecule has 2 heteroatoms. The van der Waals surface area contributed by atoms with E-state index in [-0.39, 0.29) is 6.10 Å². The number of para-hydroxylation sites is 1. The Bertz CT molecular complexity index is 538. The average molecular weight is 240 g/mol. The van der Waals surface area contributed by atoms with Crippen molar-refractivity contribution in [3.63, 3.8) is 0 Å². The molecular weight excluding hydrogens is 224 g/mol. The lowest BCUT2D eigenvalue weighted by Crippen LogP contribution is -2.23. The van der Waals surface area contributed by atoms with Crippen LogP contribution >= 0.6 is 0 Å². The van der Waals surface area contributed by atoms with Crippen molar-refractivity contribution in [1.29, 1.82) is 0 Å². The van der Waals surface area contributed by atoms with Crippen LogP contribution in [0.2, 0.25) is 0 Å². The predicted octanol–water partition coefficient (Wildman–Crippen LogP) is 3.03. The largest absolute Gasteiger partial charge is 0.487 e. The summed E-state index contributed by atoms with van der Waals surface area (Å²) in [4.78, 5) is 0. The van der Waals surface area contributed by atoms with E-state index >= 15 is 0 Å². The smallest absolute Gasteiger partial charge is 0.133 e. The second kappa shape index (κ2) is 4.46. The Morgan fingerprint density at radius 2 is 2.00 bits per heavy atom. The van der Waals surface area contributed by atoms with Crippen LogP contribution in [-0.4, -0.2) is 11.2 Å². The van der Waals surface area contributed by atoms with Crippen molar-refractivity contribution in [3.05, 3.63) is 65.2 Å². The number of rotatable bonds is 2. The highest BCUT2D eigenvalue weighted by Crippen LogP contribution is 2.34. The predicted molar refractivity (Wildman–Crippen MR) is 70.7 cm³/mol. The fourth-order valence-corrected chi connectivity index (χ4v) is 2.45. The van der Waals surface area contributed by atoms with Crippen LogP contribution in [-0.2, 0) is 6.42 Å². The van der Waals surface area contributed by atoms with Crippen LogP contribution in [0.5, 0.6) is 5.75 Å². The average Bonchev–Trinajstić information content (AvgIpc) is 2.81. The summed E-state index contributed by atoms with van der Waals surface area (Å²) in [5.74, 6) is 0.897. The summed E-state index contributed by atoms with van der Waals surface area (Å²) in [5.41, 5.74) is 3.25. The van der Waals surface area contributed by atoms with Crippen molar-refractivity contribution in [2.24, 2.45) is 0 Å². The normalized spacial score (nSPS) is 19.1. The van der Waals surface area contributed by atoms with Crippen LogP contribution in [0.1, 0.15) is 22.8 Å². The zero-order valence-electron chi connectivity index (χ0n) is 10.3. The molecule has 0 radical (unpaired) electrons. The molecule has 1 N–H and O–H groups in total. The van der Waals surface area contributed by atoms with Gasteiger partial charge in [0, 0.05) is 6.42 Å². The zero-order chi connectivity index (χ0) is 12.5. The van der Waals surface area contributed by atoms with Gasteiger partial charge in [0.25, 0.3) is 0 Å². The molecule has 3 rings (SSSR count). The maximum Gasteiger partial charge on any atom is 0.133 e. The number of hydrogen-bond donors (Lipinski definition) is 1. The molecule has 1 aliphatic rings. The standard InChI is InChI=1S/C16H16O2/c1-11-5-4-7-13(9-11)16(17)15-10-12-6-2-3-8-14(12)18-15/h2-9,15-17H,10H2,1H3. The molecule has 92 valence electrons. The van der Waals surface area contributed by atoms with Crippen molar-refractivity contribution in [2.45, 2.75) is 25.6 Å². The molecule has 0 saturated heterocycles. The molecule has 2 nitrogen and oxygen atoms in total. The molecule has 0 fully saturated rings. The lowest BCUT2D eigenvalue weighted by atomic mass is 9.99. The van der Waals surface area contributed by atoms with Gasteiger partial charge in [0.15, 0.2) is 0 Å². The maximum atomic E-state index is 10.4. The molecule has 0 bridgehead atoms. The van der Waals surface area contributed by atoms with E-state index in [1.807, 2.05) is 49.4 Å². The summed E-state index contributed by atoms with van der Waals surface area (Å²) in [7, 11) is 0. The van der Waals surface area contributed by atoms with Crippen molar-refractivity contribution < 1.29 is 9.84 Å². The number of aliphatic hydroxyl groups is 1. The monoisotopic (exact) mass is 240 g/mol. The van der Waals surface area contributed by atoms with Crippen molar-refractivity contribution in [2.75, 3.05) is 0 Å². The number of aryl methyl sites for hydroxylation is 1. The Kier molecular flexibility index (Phi) is 2.80. The van der Waals surface area contributed by atoms with Gasteiger partial charge in [-0.15, -0.1) is 0 Å². The highest BCUT2D eigenvalue weighted by molar-refractivity contribution is 5.38. The van der Waals surface area contributed by atoms with Crippen molar-refractivity contribution >= 4 is 0 Å². The van der Waals surface area contributed by atoms with E-state index < -0.39 is 6.10 Å². The molecule has 2 aromatic rings. The summed E-state index contributed by atoms with van der Waals surface area (Å²) in [5, 5.41) is 10.4. The first-order chi connectivity index (χ1) is 8.74. The molecule has 2 atom stereocenters. The molecule has 2 aromatic carbocycles. The van der Waals surface area contributed by atoms with E-state index in [9.17, 15) is 5.11 Å². The molecule has 2 unspecified atom stereocenters. The molecule has 1 aliphatic heterocycles. The molecule has 0 aromatic heterocycles. The first-order valence-electron chi connectivity index (χ1n) is 6.23. The molecular formula is C16H16O2. The minimum Gasteiger partial charge on any atom is -0.487 e. The Morgan fingerprint density at radius 3 is 2.78 bits per heavy atom. The first kappa shape index (κ1) is 11.3. The second-order valence-corrected chi connectivity index (χ2v) is 4.83. The van der Waals surface area contributed by atoms with Gasteiger partial charge in [-0.25, -0.2) is 0 Å². The summed E-state index contributed by atoms with van der Waals surface area (Å²) in [6.45, 7) is 2.03. The fourth-order valence-electron chi connectivity index (χ4n) is 2.45. The van der Waals surface area contributed by atoms with Gasteiger partial charge >= 0.3 is 0 Å². The van der Waals surface area contributed by atoms with E-state index in [0.717, 1.165) is 23.3 Å². The van der Waals surface area contributed by atoms with Crippen LogP contribution in [0, 0.1) is 6.92 Å². The molecule has 0 aliphatic carbocycles. The van der Waals surface area contributed by atoms with Gasteiger partial charge in [-0.2, -0.15) is 0 Å². The van der Waals surface area contributed by atoms with Crippen LogP contribution in [0.15, 0.2) is 48.5 Å². The number of aliphatic hydroxyl groups excluding tert-OH is 1. The van der Waals surface area contributed by atoms with Gasteiger partial charge in [0.1, 0.15) is 18.0 Å². The minimum absolute atomic E-state index is 0.177. The SMILES string of the molecule is Cc1cccc(C(O)C2Cc3ccccc3O2)c1. The zero-order valence-corrected chi connectivity index (χ0v) is 10.3.